The van der Waals surface area contributed by atoms with Gasteiger partial charge in [0.05, 0.1) is 24.1 Å². The summed E-state index contributed by atoms with van der Waals surface area (Å²) in [7, 11) is 5.02. The van der Waals surface area contributed by atoms with Crippen molar-refractivity contribution in [2.75, 3.05) is 20.7 Å². The number of rotatable bonds is 9. The zero-order valence-electron chi connectivity index (χ0n) is 19.6. The molecule has 7 nitrogen and oxygen atoms in total. The minimum Gasteiger partial charge on any atom is -0.497 e. The van der Waals surface area contributed by atoms with Gasteiger partial charge in [-0.3, -0.25) is 9.79 Å². The lowest BCUT2D eigenvalue weighted by atomic mass is 10.0. The van der Waals surface area contributed by atoms with Gasteiger partial charge >= 0.3 is 0 Å². The molecule has 0 atom stereocenters. The molecule has 5 N–H and O–H groups in total. The van der Waals surface area contributed by atoms with E-state index >= 15 is 0 Å². The summed E-state index contributed by atoms with van der Waals surface area (Å²) in [6.07, 6.45) is 11.0. The Morgan fingerprint density at radius 1 is 1.26 bits per heavy atom. The van der Waals surface area contributed by atoms with E-state index in [0.717, 1.165) is 28.2 Å². The average molecular weight is 426 g/mol. The van der Waals surface area contributed by atoms with Crippen molar-refractivity contribution in [2.45, 2.75) is 27.7 Å². The van der Waals surface area contributed by atoms with Gasteiger partial charge in [-0.15, -0.1) is 0 Å². The molecule has 0 saturated heterocycles. The number of hydrogen-bond acceptors (Lipinski definition) is 6. The number of aromatic nitrogens is 1. The Balaban J connectivity index is 3.15. The molecule has 0 unspecified atom stereocenters. The molecule has 0 radical (unpaired) electrons. The molecular formula is C24H35N5O2. The van der Waals surface area contributed by atoms with Crippen LogP contribution < -0.4 is 22.3 Å². The van der Waals surface area contributed by atoms with Crippen molar-refractivity contribution in [3.05, 3.63) is 86.9 Å². The number of nitrogens with zero attached hydrogens (tertiary/aromatic N) is 2. The molecule has 31 heavy (non-hydrogen) atoms. The first-order chi connectivity index (χ1) is 14.7. The van der Waals surface area contributed by atoms with Crippen LogP contribution in [0.5, 0.6) is 0 Å². The molecular weight excluding hydrogens is 390 g/mol. The van der Waals surface area contributed by atoms with E-state index in [1.807, 2.05) is 52.0 Å². The summed E-state index contributed by atoms with van der Waals surface area (Å²) >= 11 is 0. The van der Waals surface area contributed by atoms with E-state index in [1.54, 1.807) is 39.7 Å². The third kappa shape index (κ3) is 7.37. The predicted molar refractivity (Wildman–Crippen MR) is 131 cm³/mol. The Hall–Kier alpha value is -3.48. The van der Waals surface area contributed by atoms with Crippen LogP contribution >= 0.6 is 0 Å². The standard InChI is InChI=1S/C24H35N5O2/c1-8-9-20(31-7)11-10-16(2)13-28-14-22(26)21-12-19(15-29(6)24(21)30)23(27-5)17(3)18(4)25/h8-12,14-15,28H,13,25-26H2,1-7H3/b9-8-,16-10+,18-17+,20-11+,22-14-,27-23?. The maximum atomic E-state index is 12.6. The zero-order chi connectivity index (χ0) is 23.6. The second-order valence-electron chi connectivity index (χ2n) is 7.21. The molecule has 0 aromatic carbocycles. The normalized spacial score (nSPS) is 14.7. The van der Waals surface area contributed by atoms with Gasteiger partial charge in [0.15, 0.2) is 0 Å². The molecule has 7 heteroatoms. The van der Waals surface area contributed by atoms with Crippen molar-refractivity contribution in [2.24, 2.45) is 23.5 Å². The first-order valence-corrected chi connectivity index (χ1v) is 10.0. The fourth-order valence-electron chi connectivity index (χ4n) is 2.79. The Labute approximate surface area is 185 Å². The average Bonchev–Trinajstić information content (AvgIpc) is 2.73. The van der Waals surface area contributed by atoms with Gasteiger partial charge in [0.2, 0.25) is 0 Å². The van der Waals surface area contributed by atoms with E-state index in [1.165, 1.54) is 4.57 Å². The van der Waals surface area contributed by atoms with Gasteiger partial charge in [-0.2, -0.15) is 0 Å². The van der Waals surface area contributed by atoms with Gasteiger partial charge in [0.25, 0.3) is 5.56 Å². The van der Waals surface area contributed by atoms with Crippen LogP contribution in [-0.2, 0) is 11.8 Å². The number of ether oxygens (including phenoxy) is 1. The topological polar surface area (TPSA) is 108 Å². The number of aliphatic imine (C=N–C) groups is 1. The molecule has 0 saturated carbocycles. The monoisotopic (exact) mass is 425 g/mol. The molecule has 1 rings (SSSR count). The van der Waals surface area contributed by atoms with Crippen LogP contribution in [0.25, 0.3) is 5.70 Å². The van der Waals surface area contributed by atoms with Crippen LogP contribution in [0, 0.1) is 0 Å². The lowest BCUT2D eigenvalue weighted by Crippen LogP contribution is -2.25. The molecule has 0 aliphatic heterocycles. The molecule has 0 amide bonds. The Bertz CT molecular complexity index is 1020. The summed E-state index contributed by atoms with van der Waals surface area (Å²) in [4.78, 5) is 17.0. The second kappa shape index (κ2) is 12.3. The fraction of sp³-hybridized carbons (Fsp3) is 0.333. The summed E-state index contributed by atoms with van der Waals surface area (Å²) < 4.78 is 6.76. The van der Waals surface area contributed by atoms with E-state index in [9.17, 15) is 4.79 Å². The van der Waals surface area contributed by atoms with Crippen molar-refractivity contribution >= 4 is 11.4 Å². The van der Waals surface area contributed by atoms with Gasteiger partial charge in [-0.25, -0.2) is 0 Å². The van der Waals surface area contributed by atoms with E-state index < -0.39 is 0 Å². The van der Waals surface area contributed by atoms with E-state index in [0.29, 0.717) is 23.5 Å². The van der Waals surface area contributed by atoms with Crippen molar-refractivity contribution in [1.29, 1.82) is 0 Å². The largest absolute Gasteiger partial charge is 0.497 e. The highest BCUT2D eigenvalue weighted by atomic mass is 16.5. The maximum Gasteiger partial charge on any atom is 0.259 e. The van der Waals surface area contributed by atoms with Crippen LogP contribution in [0.4, 0.5) is 0 Å². The highest BCUT2D eigenvalue weighted by molar-refractivity contribution is 6.12. The third-order valence-electron chi connectivity index (χ3n) is 4.68. The Morgan fingerprint density at radius 2 is 1.94 bits per heavy atom. The lowest BCUT2D eigenvalue weighted by Gasteiger charge is -2.13. The highest BCUT2D eigenvalue weighted by Crippen LogP contribution is 2.13. The molecule has 1 aromatic heterocycles. The second-order valence-corrected chi connectivity index (χ2v) is 7.21. The van der Waals surface area contributed by atoms with Gasteiger partial charge in [-0.1, -0.05) is 17.7 Å². The molecule has 168 valence electrons. The van der Waals surface area contributed by atoms with Crippen LogP contribution in [-0.4, -0.2) is 31.0 Å². The van der Waals surface area contributed by atoms with Crippen LogP contribution in [0.15, 0.2) is 75.2 Å². The number of methoxy groups -OCH3 is 1. The maximum absolute atomic E-state index is 12.6. The first-order valence-electron chi connectivity index (χ1n) is 10.0. The van der Waals surface area contributed by atoms with Gasteiger partial charge in [0.1, 0.15) is 5.76 Å². The van der Waals surface area contributed by atoms with E-state index in [-0.39, 0.29) is 5.56 Å². The van der Waals surface area contributed by atoms with Crippen LogP contribution in [0.1, 0.15) is 38.8 Å². The number of hydrogen-bond donors (Lipinski definition) is 3. The number of aryl methyl sites for hydroxylation is 1. The molecule has 0 fully saturated rings. The number of nitrogens with one attached hydrogen (secondary N) is 1. The molecule has 0 spiro atoms. The van der Waals surface area contributed by atoms with E-state index in [4.69, 9.17) is 16.2 Å². The zero-order valence-corrected chi connectivity index (χ0v) is 19.6. The SMILES string of the molecule is C\C=C/C(=C\C=C(/C)CN/C=C(\N)c1cc(C(=NC)/C(C)=C(\C)N)cn(C)c1=O)OC. The van der Waals surface area contributed by atoms with Crippen LogP contribution in [0.2, 0.25) is 0 Å². The van der Waals surface area contributed by atoms with Crippen molar-refractivity contribution < 1.29 is 4.74 Å². The minimum atomic E-state index is -0.188. The summed E-state index contributed by atoms with van der Waals surface area (Å²) in [5.74, 6) is 0.766. The smallest absolute Gasteiger partial charge is 0.259 e. The summed E-state index contributed by atoms with van der Waals surface area (Å²) in [5, 5.41) is 3.16. The van der Waals surface area contributed by atoms with Crippen molar-refractivity contribution in [3.63, 3.8) is 0 Å². The number of nitrogens with two attached hydrogens (primary N) is 2. The quantitative estimate of drug-likeness (QED) is 0.320. The summed E-state index contributed by atoms with van der Waals surface area (Å²) in [5.41, 5.74) is 16.8. The van der Waals surface area contributed by atoms with Gasteiger partial charge in [-0.05, 0) is 51.5 Å². The van der Waals surface area contributed by atoms with E-state index in [2.05, 4.69) is 10.3 Å². The molecule has 0 aliphatic rings. The minimum absolute atomic E-state index is 0.188. The predicted octanol–water partition coefficient (Wildman–Crippen LogP) is 2.96. The Morgan fingerprint density at radius 3 is 2.48 bits per heavy atom. The summed E-state index contributed by atoms with van der Waals surface area (Å²) in [6.45, 7) is 8.21. The van der Waals surface area contributed by atoms with Crippen LogP contribution in [0.3, 0.4) is 0 Å². The molecule has 1 heterocycles. The lowest BCUT2D eigenvalue weighted by molar-refractivity contribution is 0.307. The Kier molecular flexibility index (Phi) is 10.1. The van der Waals surface area contributed by atoms with Gasteiger partial charge < -0.3 is 26.1 Å². The van der Waals surface area contributed by atoms with Crippen molar-refractivity contribution in [1.82, 2.24) is 9.88 Å². The summed E-state index contributed by atoms with van der Waals surface area (Å²) in [6, 6.07) is 1.75. The van der Waals surface area contributed by atoms with Gasteiger partial charge in [0, 0.05) is 44.3 Å². The first kappa shape index (κ1) is 25.6. The number of pyridine rings is 1. The fourth-order valence-corrected chi connectivity index (χ4v) is 2.79. The molecule has 0 aliphatic carbocycles. The van der Waals surface area contributed by atoms with Crippen molar-refractivity contribution in [3.8, 4) is 0 Å². The molecule has 0 bridgehead atoms. The number of allylic oxidation sites excluding steroid dienone is 6. The third-order valence-corrected chi connectivity index (χ3v) is 4.68. The molecule has 1 aromatic rings. The highest BCUT2D eigenvalue weighted by Gasteiger charge is 2.13.